The molecule has 19 heavy (non-hydrogen) atoms. The second-order valence-corrected chi connectivity index (χ2v) is 4.63. The minimum absolute atomic E-state index is 0.198. The Morgan fingerprint density at radius 2 is 1.95 bits per heavy atom. The van der Waals surface area contributed by atoms with Crippen molar-refractivity contribution >= 4 is 39.2 Å². The van der Waals surface area contributed by atoms with Gasteiger partial charge in [-0.2, -0.15) is 9.97 Å². The summed E-state index contributed by atoms with van der Waals surface area (Å²) in [4.78, 5) is 8.16. The molecule has 0 amide bonds. The normalized spacial score (nSPS) is 10.1. The Hall–Kier alpha value is -2.02. The van der Waals surface area contributed by atoms with Crippen LogP contribution in [0.25, 0.3) is 0 Å². The summed E-state index contributed by atoms with van der Waals surface area (Å²) < 4.78 is 6.22. The minimum Gasteiger partial charge on any atom is -0.495 e. The molecular weight excluding hydrogens is 310 g/mol. The van der Waals surface area contributed by atoms with Crippen molar-refractivity contribution in [1.29, 1.82) is 0 Å². The minimum atomic E-state index is 0.198. The van der Waals surface area contributed by atoms with Crippen molar-refractivity contribution in [3.63, 3.8) is 0 Å². The van der Waals surface area contributed by atoms with E-state index in [-0.39, 0.29) is 5.95 Å². The Morgan fingerprint density at radius 3 is 2.63 bits per heavy atom. The van der Waals surface area contributed by atoms with Gasteiger partial charge in [0.25, 0.3) is 0 Å². The number of nitrogens with two attached hydrogens (primary N) is 1. The summed E-state index contributed by atoms with van der Waals surface area (Å²) in [5, 5.41) is 6.08. The van der Waals surface area contributed by atoms with Gasteiger partial charge < -0.3 is 21.1 Å². The first kappa shape index (κ1) is 13.4. The van der Waals surface area contributed by atoms with Crippen molar-refractivity contribution in [3.8, 4) is 5.75 Å². The molecule has 2 aromatic rings. The number of methoxy groups -OCH3 is 1. The van der Waals surface area contributed by atoms with E-state index in [0.717, 1.165) is 10.2 Å². The van der Waals surface area contributed by atoms with Gasteiger partial charge in [0, 0.05) is 17.6 Å². The molecular formula is C12H14BrN5O. The van der Waals surface area contributed by atoms with Crippen LogP contribution in [0, 0.1) is 0 Å². The fraction of sp³-hybridized carbons (Fsp3) is 0.167. The topological polar surface area (TPSA) is 85.1 Å². The molecule has 0 saturated heterocycles. The lowest BCUT2D eigenvalue weighted by Gasteiger charge is -2.12. The van der Waals surface area contributed by atoms with E-state index < -0.39 is 0 Å². The lowest BCUT2D eigenvalue weighted by atomic mass is 10.3. The van der Waals surface area contributed by atoms with Gasteiger partial charge in [-0.25, -0.2) is 0 Å². The Balaban J connectivity index is 2.35. The Bertz CT molecular complexity index is 590. The van der Waals surface area contributed by atoms with E-state index in [1.807, 2.05) is 18.2 Å². The van der Waals surface area contributed by atoms with Crippen LogP contribution in [0.4, 0.5) is 23.3 Å². The Kier molecular flexibility index (Phi) is 4.06. The average molecular weight is 324 g/mol. The molecule has 4 N–H and O–H groups in total. The third kappa shape index (κ3) is 3.25. The highest BCUT2D eigenvalue weighted by atomic mass is 79.9. The first-order valence-electron chi connectivity index (χ1n) is 5.55. The van der Waals surface area contributed by atoms with Crippen LogP contribution in [0.5, 0.6) is 5.75 Å². The third-order valence-corrected chi connectivity index (χ3v) is 2.92. The summed E-state index contributed by atoms with van der Waals surface area (Å²) in [7, 11) is 3.38. The second-order valence-electron chi connectivity index (χ2n) is 3.72. The maximum absolute atomic E-state index is 5.65. The summed E-state index contributed by atoms with van der Waals surface area (Å²) in [5.41, 5.74) is 6.44. The molecule has 0 atom stereocenters. The summed E-state index contributed by atoms with van der Waals surface area (Å²) >= 11 is 3.42. The summed E-state index contributed by atoms with van der Waals surface area (Å²) in [6.07, 6.45) is 0. The highest BCUT2D eigenvalue weighted by Crippen LogP contribution is 2.30. The highest BCUT2D eigenvalue weighted by Gasteiger charge is 2.07. The zero-order chi connectivity index (χ0) is 13.8. The van der Waals surface area contributed by atoms with E-state index in [1.54, 1.807) is 20.2 Å². The molecule has 1 aromatic carbocycles. The molecule has 0 aliphatic heterocycles. The second kappa shape index (κ2) is 5.75. The maximum atomic E-state index is 5.65. The predicted molar refractivity (Wildman–Crippen MR) is 80.0 cm³/mol. The highest BCUT2D eigenvalue weighted by molar-refractivity contribution is 9.10. The molecule has 0 fully saturated rings. The quantitative estimate of drug-likeness (QED) is 0.802. The van der Waals surface area contributed by atoms with Gasteiger partial charge in [-0.3, -0.25) is 0 Å². The van der Waals surface area contributed by atoms with Gasteiger partial charge in [0.2, 0.25) is 5.95 Å². The molecule has 0 unspecified atom stereocenters. The molecule has 1 aromatic heterocycles. The van der Waals surface area contributed by atoms with Crippen molar-refractivity contribution in [2.45, 2.75) is 0 Å². The number of aromatic nitrogens is 2. The maximum Gasteiger partial charge on any atom is 0.223 e. The lowest BCUT2D eigenvalue weighted by Crippen LogP contribution is -2.04. The average Bonchev–Trinajstić information content (AvgIpc) is 2.38. The van der Waals surface area contributed by atoms with Crippen LogP contribution in [-0.4, -0.2) is 24.1 Å². The molecule has 0 aliphatic carbocycles. The molecule has 6 nitrogen and oxygen atoms in total. The van der Waals surface area contributed by atoms with Crippen LogP contribution in [0.2, 0.25) is 0 Å². The van der Waals surface area contributed by atoms with Gasteiger partial charge in [-0.1, -0.05) is 15.9 Å². The van der Waals surface area contributed by atoms with E-state index in [2.05, 4.69) is 36.5 Å². The van der Waals surface area contributed by atoms with Gasteiger partial charge in [0.15, 0.2) is 0 Å². The van der Waals surface area contributed by atoms with Gasteiger partial charge in [-0.15, -0.1) is 0 Å². The third-order valence-electron chi connectivity index (χ3n) is 2.42. The van der Waals surface area contributed by atoms with Crippen LogP contribution in [0.3, 0.4) is 0 Å². The zero-order valence-electron chi connectivity index (χ0n) is 10.6. The molecule has 0 aliphatic rings. The number of nitrogens with zero attached hydrogens (tertiary/aromatic N) is 2. The summed E-state index contributed by atoms with van der Waals surface area (Å²) in [5.74, 6) is 2.15. The summed E-state index contributed by atoms with van der Waals surface area (Å²) in [6.45, 7) is 0. The Morgan fingerprint density at radius 1 is 1.21 bits per heavy atom. The largest absolute Gasteiger partial charge is 0.495 e. The Labute approximate surface area is 119 Å². The van der Waals surface area contributed by atoms with Crippen LogP contribution in [0.15, 0.2) is 28.7 Å². The number of benzene rings is 1. The molecule has 0 radical (unpaired) electrons. The molecule has 2 rings (SSSR count). The van der Waals surface area contributed by atoms with Crippen molar-refractivity contribution in [3.05, 3.63) is 28.7 Å². The fourth-order valence-corrected chi connectivity index (χ4v) is 1.93. The first-order valence-corrected chi connectivity index (χ1v) is 6.34. The molecule has 7 heteroatoms. The van der Waals surface area contributed by atoms with Gasteiger partial charge >= 0.3 is 0 Å². The molecule has 0 spiro atoms. The van der Waals surface area contributed by atoms with Crippen molar-refractivity contribution in [1.82, 2.24) is 9.97 Å². The lowest BCUT2D eigenvalue weighted by molar-refractivity contribution is 0.416. The van der Waals surface area contributed by atoms with E-state index in [9.17, 15) is 0 Å². The van der Waals surface area contributed by atoms with Crippen LogP contribution >= 0.6 is 15.9 Å². The first-order chi connectivity index (χ1) is 9.12. The summed E-state index contributed by atoms with van der Waals surface area (Å²) in [6, 6.07) is 7.42. The van der Waals surface area contributed by atoms with Gasteiger partial charge in [0.05, 0.1) is 12.8 Å². The number of nitrogen functional groups attached to an aromatic ring is 1. The van der Waals surface area contributed by atoms with E-state index in [1.165, 1.54) is 0 Å². The smallest absolute Gasteiger partial charge is 0.223 e. The standard InChI is InChI=1S/C12H14BrN5O/c1-15-10-6-11(18-12(14)17-10)16-8-5-7(13)3-4-9(8)19-2/h3-6H,1-2H3,(H4,14,15,16,17,18). The number of anilines is 4. The van der Waals surface area contributed by atoms with Gasteiger partial charge in [0.1, 0.15) is 17.4 Å². The van der Waals surface area contributed by atoms with Crippen molar-refractivity contribution in [2.24, 2.45) is 0 Å². The van der Waals surface area contributed by atoms with E-state index in [4.69, 9.17) is 10.5 Å². The predicted octanol–water partition coefficient (Wildman–Crippen LogP) is 2.62. The fourth-order valence-electron chi connectivity index (χ4n) is 1.57. The number of hydrogen-bond acceptors (Lipinski definition) is 6. The number of ether oxygens (including phenoxy) is 1. The van der Waals surface area contributed by atoms with Crippen molar-refractivity contribution in [2.75, 3.05) is 30.5 Å². The van der Waals surface area contributed by atoms with Crippen LogP contribution in [0.1, 0.15) is 0 Å². The van der Waals surface area contributed by atoms with Gasteiger partial charge in [-0.05, 0) is 18.2 Å². The zero-order valence-corrected chi connectivity index (χ0v) is 12.2. The monoisotopic (exact) mass is 323 g/mol. The number of hydrogen-bond donors (Lipinski definition) is 3. The molecule has 1 heterocycles. The van der Waals surface area contributed by atoms with E-state index >= 15 is 0 Å². The molecule has 100 valence electrons. The van der Waals surface area contributed by atoms with Crippen LogP contribution in [-0.2, 0) is 0 Å². The number of rotatable bonds is 4. The number of halogens is 1. The molecule has 0 saturated carbocycles. The van der Waals surface area contributed by atoms with Crippen LogP contribution < -0.4 is 21.1 Å². The number of nitrogens with one attached hydrogen (secondary N) is 2. The molecule has 0 bridgehead atoms. The SMILES string of the molecule is CNc1cc(Nc2cc(Br)ccc2OC)nc(N)n1. The van der Waals surface area contributed by atoms with E-state index in [0.29, 0.717) is 17.4 Å². The van der Waals surface area contributed by atoms with Crippen molar-refractivity contribution < 1.29 is 4.74 Å².